The lowest BCUT2D eigenvalue weighted by molar-refractivity contribution is -0.142. The first-order valence-electron chi connectivity index (χ1n) is 10.3. The summed E-state index contributed by atoms with van der Waals surface area (Å²) in [5.41, 5.74) is 0.451. The van der Waals surface area contributed by atoms with Crippen LogP contribution in [0.3, 0.4) is 0 Å². The Morgan fingerprint density at radius 1 is 0.806 bits per heavy atom. The molecule has 0 saturated carbocycles. The van der Waals surface area contributed by atoms with Gasteiger partial charge >= 0.3 is 23.9 Å². The molecule has 0 unspecified atom stereocenters. The van der Waals surface area contributed by atoms with Crippen LogP contribution in [-0.4, -0.2) is 48.8 Å². The predicted octanol–water partition coefficient (Wildman–Crippen LogP) is 4.39. The van der Waals surface area contributed by atoms with Gasteiger partial charge in [0.1, 0.15) is 0 Å². The number of carboxylic acid groups (broad SMARTS) is 1. The third-order valence-corrected chi connectivity index (χ3v) is 3.08. The van der Waals surface area contributed by atoms with E-state index in [1.807, 2.05) is 13.8 Å². The maximum atomic E-state index is 10.9. The Hall–Kier alpha value is -2.90. The Labute approximate surface area is 185 Å². The number of carbonyl (C=O) groups is 4. The van der Waals surface area contributed by atoms with Crippen LogP contribution in [0.4, 0.5) is 0 Å². The highest BCUT2D eigenvalue weighted by Gasteiger charge is 2.11. The first kappa shape index (κ1) is 32.8. The highest BCUT2D eigenvalue weighted by Crippen LogP contribution is 2.01. The molecule has 0 spiro atoms. The summed E-state index contributed by atoms with van der Waals surface area (Å²) in [6, 6.07) is 0. The zero-order valence-electron chi connectivity index (χ0n) is 19.4. The minimum atomic E-state index is -1.08. The molecule has 0 bridgehead atoms. The number of ether oxygens (including phenoxy) is 3. The molecule has 0 fully saturated rings. The van der Waals surface area contributed by atoms with Gasteiger partial charge in [-0.25, -0.2) is 14.4 Å². The van der Waals surface area contributed by atoms with Crippen molar-refractivity contribution < 1.29 is 38.5 Å². The van der Waals surface area contributed by atoms with Crippen molar-refractivity contribution in [2.45, 2.75) is 66.2 Å². The molecule has 31 heavy (non-hydrogen) atoms. The van der Waals surface area contributed by atoms with E-state index >= 15 is 0 Å². The summed E-state index contributed by atoms with van der Waals surface area (Å²) in [5.74, 6) is -2.32. The van der Waals surface area contributed by atoms with Crippen molar-refractivity contribution in [3.8, 4) is 0 Å². The molecule has 0 saturated heterocycles. The van der Waals surface area contributed by atoms with Crippen molar-refractivity contribution in [2.24, 2.45) is 0 Å². The molecular weight excluding hydrogens is 404 g/mol. The molecule has 178 valence electrons. The fourth-order valence-corrected chi connectivity index (χ4v) is 1.36. The minimum Gasteiger partial charge on any atom is -0.481 e. The van der Waals surface area contributed by atoms with Crippen molar-refractivity contribution >= 4 is 23.9 Å². The number of hydrogen-bond donors (Lipinski definition) is 1. The van der Waals surface area contributed by atoms with Gasteiger partial charge in [-0.1, -0.05) is 53.3 Å². The number of rotatable bonds is 13. The molecule has 0 aliphatic rings. The van der Waals surface area contributed by atoms with Gasteiger partial charge < -0.3 is 19.3 Å². The van der Waals surface area contributed by atoms with Crippen LogP contribution >= 0.6 is 0 Å². The first-order chi connectivity index (χ1) is 14.6. The molecule has 0 heterocycles. The lowest BCUT2D eigenvalue weighted by Crippen LogP contribution is -2.10. The maximum absolute atomic E-state index is 10.9. The summed E-state index contributed by atoms with van der Waals surface area (Å²) in [6.45, 7) is 18.9. The van der Waals surface area contributed by atoms with Crippen LogP contribution in [0.2, 0.25) is 0 Å². The molecule has 1 N–H and O–H groups in total. The number of esters is 3. The molecule has 0 radical (unpaired) electrons. The summed E-state index contributed by atoms with van der Waals surface area (Å²) in [4.78, 5) is 42.0. The van der Waals surface area contributed by atoms with Crippen molar-refractivity contribution in [3.05, 3.63) is 37.0 Å². The summed E-state index contributed by atoms with van der Waals surface area (Å²) in [7, 11) is 0. The van der Waals surface area contributed by atoms with Crippen molar-refractivity contribution in [1.82, 2.24) is 0 Å². The van der Waals surface area contributed by atoms with Gasteiger partial charge in [-0.15, -0.1) is 0 Å². The summed E-state index contributed by atoms with van der Waals surface area (Å²) < 4.78 is 14.1. The van der Waals surface area contributed by atoms with Crippen molar-refractivity contribution in [3.63, 3.8) is 0 Å². The highest BCUT2D eigenvalue weighted by molar-refractivity contribution is 5.92. The third kappa shape index (κ3) is 27.1. The molecule has 0 aromatic rings. The quantitative estimate of drug-likeness (QED) is 0.193. The topological polar surface area (TPSA) is 116 Å². The van der Waals surface area contributed by atoms with E-state index in [4.69, 9.17) is 9.84 Å². The number of hydrogen-bond acceptors (Lipinski definition) is 7. The fourth-order valence-electron chi connectivity index (χ4n) is 1.36. The third-order valence-electron chi connectivity index (χ3n) is 3.08. The molecule has 8 nitrogen and oxygen atoms in total. The number of carboxylic acids is 1. The smallest absolute Gasteiger partial charge is 0.333 e. The van der Waals surface area contributed by atoms with Crippen LogP contribution in [0.1, 0.15) is 66.2 Å². The maximum Gasteiger partial charge on any atom is 0.333 e. The van der Waals surface area contributed by atoms with Crippen molar-refractivity contribution in [1.29, 1.82) is 0 Å². The molecule has 0 atom stereocenters. The average molecular weight is 443 g/mol. The van der Waals surface area contributed by atoms with Gasteiger partial charge in [-0.3, -0.25) is 4.79 Å². The van der Waals surface area contributed by atoms with E-state index in [0.717, 1.165) is 25.7 Å². The Morgan fingerprint density at radius 2 is 1.29 bits per heavy atom. The second kappa shape index (κ2) is 23.4. The Balaban J connectivity index is -0.000000384. The van der Waals surface area contributed by atoms with E-state index < -0.39 is 11.9 Å². The van der Waals surface area contributed by atoms with Gasteiger partial charge in [-0.05, 0) is 26.2 Å². The van der Waals surface area contributed by atoms with Crippen LogP contribution < -0.4 is 0 Å². The largest absolute Gasteiger partial charge is 0.481 e. The van der Waals surface area contributed by atoms with Gasteiger partial charge in [0.05, 0.1) is 26.2 Å². The highest BCUT2D eigenvalue weighted by atomic mass is 16.5. The molecule has 0 aromatic heterocycles. The van der Waals surface area contributed by atoms with E-state index in [0.29, 0.717) is 31.8 Å². The van der Waals surface area contributed by atoms with Gasteiger partial charge in [0.25, 0.3) is 0 Å². The van der Waals surface area contributed by atoms with Gasteiger partial charge in [0.2, 0.25) is 0 Å². The van der Waals surface area contributed by atoms with E-state index in [2.05, 4.69) is 36.1 Å². The van der Waals surface area contributed by atoms with Crippen LogP contribution in [0, 0.1) is 0 Å². The summed E-state index contributed by atoms with van der Waals surface area (Å²) in [6.07, 6.45) is 5.48. The monoisotopic (exact) mass is 442 g/mol. The number of unbranched alkanes of at least 4 members (excludes halogenated alkanes) is 2. The Bertz CT molecular complexity index is 578. The summed E-state index contributed by atoms with van der Waals surface area (Å²) >= 11 is 0. The van der Waals surface area contributed by atoms with E-state index in [1.54, 1.807) is 6.92 Å². The number of carbonyl (C=O) groups excluding carboxylic acids is 3. The molecule has 0 aliphatic heterocycles. The van der Waals surface area contributed by atoms with Crippen LogP contribution in [0.5, 0.6) is 0 Å². The minimum absolute atomic E-state index is 0.0176. The lowest BCUT2D eigenvalue weighted by Gasteiger charge is -2.02. The van der Waals surface area contributed by atoms with Gasteiger partial charge in [0.15, 0.2) is 0 Å². The first-order valence-corrected chi connectivity index (χ1v) is 10.3. The Morgan fingerprint density at radius 3 is 1.68 bits per heavy atom. The van der Waals surface area contributed by atoms with E-state index in [-0.39, 0.29) is 23.9 Å². The second-order valence-corrected chi connectivity index (χ2v) is 6.30. The van der Waals surface area contributed by atoms with Crippen LogP contribution in [0.25, 0.3) is 0 Å². The zero-order valence-corrected chi connectivity index (χ0v) is 19.4. The van der Waals surface area contributed by atoms with Gasteiger partial charge in [-0.2, -0.15) is 0 Å². The standard InChI is InChI=1S/C8H12O4.C8H14O2.C7H12O2/c1-3-4-12-8(11)6(2)5-7(9)10;1-4-5-6-10-8(9)7(2)3;1-3-5-6-9-7(8)4-2/h2-5H2,1H3,(H,9,10);2,4-6H2,1,3H3;4H,2-3,5-6H2,1H3. The van der Waals surface area contributed by atoms with Crippen LogP contribution in [0.15, 0.2) is 37.0 Å². The molecular formula is C23H38O8. The summed E-state index contributed by atoms with van der Waals surface area (Å²) in [5, 5.41) is 8.29. The molecule has 8 heteroatoms. The normalized spacial score (nSPS) is 8.90. The second-order valence-electron chi connectivity index (χ2n) is 6.30. The average Bonchev–Trinajstić information content (AvgIpc) is 2.72. The number of aliphatic carboxylic acids is 1. The van der Waals surface area contributed by atoms with E-state index in [9.17, 15) is 19.2 Å². The van der Waals surface area contributed by atoms with Gasteiger partial charge in [0, 0.05) is 17.2 Å². The SMILES string of the molecule is C=C(C)C(=O)OCCCC.C=C(CC(=O)O)C(=O)OCCC.C=CC(=O)OCCCC. The van der Waals surface area contributed by atoms with E-state index in [1.165, 1.54) is 6.08 Å². The molecule has 0 amide bonds. The molecule has 0 aliphatic carbocycles. The zero-order chi connectivity index (χ0) is 24.7. The predicted molar refractivity (Wildman–Crippen MR) is 119 cm³/mol. The lowest BCUT2D eigenvalue weighted by atomic mass is 10.2. The Kier molecular flexibility index (Phi) is 24.7. The molecule has 0 rings (SSSR count). The molecule has 0 aromatic carbocycles. The fraction of sp³-hybridized carbons (Fsp3) is 0.565. The van der Waals surface area contributed by atoms with Crippen molar-refractivity contribution in [2.75, 3.05) is 19.8 Å². The van der Waals surface area contributed by atoms with Crippen LogP contribution in [-0.2, 0) is 33.4 Å².